The Morgan fingerprint density at radius 1 is 1.46 bits per heavy atom. The van der Waals surface area contributed by atoms with Crippen LogP contribution in [-0.4, -0.2) is 16.7 Å². The molecule has 0 aliphatic carbocycles. The van der Waals surface area contributed by atoms with Crippen LogP contribution in [0.2, 0.25) is 0 Å². The van der Waals surface area contributed by atoms with Crippen LogP contribution in [0.1, 0.15) is 5.56 Å². The minimum Gasteiger partial charge on any atom is -0.327 e. The number of aromatic nitrogens is 2. The van der Waals surface area contributed by atoms with Gasteiger partial charge in [-0.25, -0.2) is 0 Å². The van der Waals surface area contributed by atoms with Crippen molar-refractivity contribution in [3.05, 3.63) is 36.0 Å². The molecule has 1 aromatic heterocycles. The summed E-state index contributed by atoms with van der Waals surface area (Å²) in [6.07, 6.45) is 5.77. The van der Waals surface area contributed by atoms with Crippen LogP contribution < -0.4 is 5.73 Å². The molecule has 0 bridgehead atoms. The van der Waals surface area contributed by atoms with Crippen molar-refractivity contribution < 1.29 is 0 Å². The number of hydrogen-bond acceptors (Lipinski definition) is 2. The summed E-state index contributed by atoms with van der Waals surface area (Å²) < 4.78 is 0. The summed E-state index contributed by atoms with van der Waals surface area (Å²) in [6.45, 7) is 0.564. The predicted molar refractivity (Wildman–Crippen MR) is 54.2 cm³/mol. The zero-order chi connectivity index (χ0) is 9.10. The third-order valence-corrected chi connectivity index (χ3v) is 1.95. The molecule has 0 amide bonds. The van der Waals surface area contributed by atoms with Gasteiger partial charge in [-0.05, 0) is 11.6 Å². The third kappa shape index (κ3) is 1.46. The number of fused-ring (bicyclic) bond motifs is 1. The molecule has 0 saturated carbocycles. The van der Waals surface area contributed by atoms with E-state index in [-0.39, 0.29) is 0 Å². The van der Waals surface area contributed by atoms with Gasteiger partial charge in [0.1, 0.15) is 0 Å². The second kappa shape index (κ2) is 3.41. The van der Waals surface area contributed by atoms with Gasteiger partial charge >= 0.3 is 0 Å². The van der Waals surface area contributed by atoms with Crippen molar-refractivity contribution in [1.29, 1.82) is 0 Å². The van der Waals surface area contributed by atoms with Crippen LogP contribution in [0.15, 0.2) is 30.5 Å². The molecule has 0 radical (unpaired) electrons. The molecule has 0 unspecified atom stereocenters. The molecule has 1 aromatic carbocycles. The van der Waals surface area contributed by atoms with Crippen molar-refractivity contribution in [2.45, 2.75) is 0 Å². The average Bonchev–Trinajstić information content (AvgIpc) is 2.62. The fourth-order valence-electron chi connectivity index (χ4n) is 1.33. The molecule has 1 heterocycles. The number of nitrogens with one attached hydrogen (secondary N) is 1. The summed E-state index contributed by atoms with van der Waals surface area (Å²) in [7, 11) is 0. The van der Waals surface area contributed by atoms with E-state index >= 15 is 0 Å². The molecule has 0 saturated heterocycles. The molecule has 0 aliphatic rings. The van der Waals surface area contributed by atoms with Crippen molar-refractivity contribution in [3.8, 4) is 0 Å². The van der Waals surface area contributed by atoms with Gasteiger partial charge in [0, 0.05) is 11.9 Å². The van der Waals surface area contributed by atoms with Gasteiger partial charge in [0.25, 0.3) is 0 Å². The van der Waals surface area contributed by atoms with Gasteiger partial charge in [0.05, 0.1) is 11.7 Å². The summed E-state index contributed by atoms with van der Waals surface area (Å²) >= 11 is 0. The van der Waals surface area contributed by atoms with E-state index in [1.165, 1.54) is 0 Å². The number of nitrogens with two attached hydrogens (primary N) is 1. The molecule has 2 rings (SSSR count). The lowest BCUT2D eigenvalue weighted by Crippen LogP contribution is -1.91. The molecular formula is C10H11N3. The minimum absolute atomic E-state index is 0.564. The van der Waals surface area contributed by atoms with E-state index in [0.717, 1.165) is 16.5 Å². The Kier molecular flexibility index (Phi) is 2.10. The van der Waals surface area contributed by atoms with Crippen LogP contribution >= 0.6 is 0 Å². The topological polar surface area (TPSA) is 54.7 Å². The lowest BCUT2D eigenvalue weighted by molar-refractivity contribution is 1.12. The smallest absolute Gasteiger partial charge is 0.0656 e. The summed E-state index contributed by atoms with van der Waals surface area (Å²) in [5, 5.41) is 8.03. The zero-order valence-corrected chi connectivity index (χ0v) is 7.20. The maximum Gasteiger partial charge on any atom is 0.0656 e. The van der Waals surface area contributed by atoms with E-state index in [4.69, 9.17) is 5.73 Å². The van der Waals surface area contributed by atoms with Crippen molar-refractivity contribution >= 4 is 17.0 Å². The molecular weight excluding hydrogens is 162 g/mol. The monoisotopic (exact) mass is 173 g/mol. The van der Waals surface area contributed by atoms with Crippen LogP contribution in [0, 0.1) is 0 Å². The van der Waals surface area contributed by atoms with Gasteiger partial charge in [-0.2, -0.15) is 5.10 Å². The van der Waals surface area contributed by atoms with E-state index in [0.29, 0.717) is 6.54 Å². The van der Waals surface area contributed by atoms with Gasteiger partial charge in [-0.3, -0.25) is 5.10 Å². The number of aromatic amines is 1. The number of nitrogens with zero attached hydrogens (tertiary/aromatic N) is 1. The Bertz CT molecular complexity index is 428. The highest BCUT2D eigenvalue weighted by Gasteiger charge is 1.97. The first kappa shape index (κ1) is 8.01. The lowest BCUT2D eigenvalue weighted by Gasteiger charge is -1.94. The number of H-pyrrole nitrogens is 1. The standard InChI is InChI=1S/C10H11N3/c11-6-2-4-8-3-1-5-10-9(8)7-12-13-10/h1-5,7H,6,11H2,(H,12,13). The fraction of sp³-hybridized carbons (Fsp3) is 0.100. The highest BCUT2D eigenvalue weighted by Crippen LogP contribution is 2.16. The third-order valence-electron chi connectivity index (χ3n) is 1.95. The quantitative estimate of drug-likeness (QED) is 0.723. The van der Waals surface area contributed by atoms with E-state index in [1.54, 1.807) is 0 Å². The van der Waals surface area contributed by atoms with E-state index in [1.807, 2.05) is 36.5 Å². The number of benzene rings is 1. The normalized spacial score (nSPS) is 11.5. The van der Waals surface area contributed by atoms with Crippen LogP contribution in [0.5, 0.6) is 0 Å². The maximum absolute atomic E-state index is 5.39. The van der Waals surface area contributed by atoms with Crippen molar-refractivity contribution in [3.63, 3.8) is 0 Å². The molecule has 66 valence electrons. The van der Waals surface area contributed by atoms with Crippen LogP contribution in [-0.2, 0) is 0 Å². The molecule has 3 nitrogen and oxygen atoms in total. The van der Waals surface area contributed by atoms with Gasteiger partial charge < -0.3 is 5.73 Å². The second-order valence-electron chi connectivity index (χ2n) is 2.82. The summed E-state index contributed by atoms with van der Waals surface area (Å²) in [5.41, 5.74) is 7.59. The Morgan fingerprint density at radius 2 is 2.38 bits per heavy atom. The van der Waals surface area contributed by atoms with Gasteiger partial charge in [-0.15, -0.1) is 0 Å². The molecule has 0 aliphatic heterocycles. The summed E-state index contributed by atoms with van der Waals surface area (Å²) in [5.74, 6) is 0. The largest absolute Gasteiger partial charge is 0.327 e. The molecule has 0 atom stereocenters. The van der Waals surface area contributed by atoms with Crippen molar-refractivity contribution in [2.24, 2.45) is 5.73 Å². The first-order valence-corrected chi connectivity index (χ1v) is 4.20. The van der Waals surface area contributed by atoms with Gasteiger partial charge in [0.2, 0.25) is 0 Å². The second-order valence-corrected chi connectivity index (χ2v) is 2.82. The van der Waals surface area contributed by atoms with Gasteiger partial charge in [0.15, 0.2) is 0 Å². The van der Waals surface area contributed by atoms with E-state index < -0.39 is 0 Å². The Labute approximate surface area is 76.3 Å². The Hall–Kier alpha value is -1.61. The predicted octanol–water partition coefficient (Wildman–Crippen LogP) is 1.53. The maximum atomic E-state index is 5.39. The molecule has 2 aromatic rings. The molecule has 0 spiro atoms. The Balaban J connectivity index is 2.54. The first-order valence-electron chi connectivity index (χ1n) is 4.20. The lowest BCUT2D eigenvalue weighted by atomic mass is 10.1. The van der Waals surface area contributed by atoms with E-state index in [9.17, 15) is 0 Å². The van der Waals surface area contributed by atoms with E-state index in [2.05, 4.69) is 10.2 Å². The average molecular weight is 173 g/mol. The Morgan fingerprint density at radius 3 is 3.23 bits per heavy atom. The van der Waals surface area contributed by atoms with Crippen LogP contribution in [0.25, 0.3) is 17.0 Å². The van der Waals surface area contributed by atoms with Crippen molar-refractivity contribution in [1.82, 2.24) is 10.2 Å². The SMILES string of the molecule is NCC=Cc1cccc2[nH]ncc12. The molecule has 3 heteroatoms. The van der Waals surface area contributed by atoms with Crippen molar-refractivity contribution in [2.75, 3.05) is 6.54 Å². The summed E-state index contributed by atoms with van der Waals surface area (Å²) in [4.78, 5) is 0. The van der Waals surface area contributed by atoms with Crippen LogP contribution in [0.4, 0.5) is 0 Å². The number of hydrogen-bond donors (Lipinski definition) is 2. The van der Waals surface area contributed by atoms with Crippen LogP contribution in [0.3, 0.4) is 0 Å². The molecule has 13 heavy (non-hydrogen) atoms. The molecule has 0 fully saturated rings. The highest BCUT2D eigenvalue weighted by atomic mass is 15.1. The minimum atomic E-state index is 0.564. The fourth-order valence-corrected chi connectivity index (χ4v) is 1.33. The summed E-state index contributed by atoms with van der Waals surface area (Å²) in [6, 6.07) is 6.04. The first-order chi connectivity index (χ1) is 6.42. The van der Waals surface area contributed by atoms with Gasteiger partial charge in [-0.1, -0.05) is 24.3 Å². The molecule has 3 N–H and O–H groups in total. The highest BCUT2D eigenvalue weighted by molar-refractivity contribution is 5.87. The number of rotatable bonds is 2. The zero-order valence-electron chi connectivity index (χ0n) is 7.20.